The third-order valence-electron chi connectivity index (χ3n) is 4.29. The van der Waals surface area contributed by atoms with Gasteiger partial charge in [-0.3, -0.25) is 4.79 Å². The van der Waals surface area contributed by atoms with E-state index in [0.717, 1.165) is 12.2 Å². The van der Waals surface area contributed by atoms with Crippen molar-refractivity contribution in [1.29, 1.82) is 0 Å². The van der Waals surface area contributed by atoms with Crippen molar-refractivity contribution in [3.63, 3.8) is 0 Å². The van der Waals surface area contributed by atoms with E-state index >= 15 is 0 Å². The Morgan fingerprint density at radius 3 is 2.56 bits per heavy atom. The minimum atomic E-state index is -0.230. The lowest BCUT2D eigenvalue weighted by atomic mass is 10.0. The van der Waals surface area contributed by atoms with Gasteiger partial charge >= 0.3 is 0 Å². The highest BCUT2D eigenvalue weighted by Crippen LogP contribution is 2.21. The van der Waals surface area contributed by atoms with Crippen molar-refractivity contribution in [1.82, 2.24) is 16.2 Å². The van der Waals surface area contributed by atoms with E-state index in [2.05, 4.69) is 34.4 Å². The van der Waals surface area contributed by atoms with E-state index in [1.807, 2.05) is 44.2 Å². The van der Waals surface area contributed by atoms with Crippen LogP contribution < -0.4 is 20.9 Å². The predicted molar refractivity (Wildman–Crippen MR) is 98.3 cm³/mol. The van der Waals surface area contributed by atoms with Gasteiger partial charge in [-0.05, 0) is 49.1 Å². The van der Waals surface area contributed by atoms with E-state index < -0.39 is 0 Å². The number of rotatable bonds is 6. The zero-order valence-electron chi connectivity index (χ0n) is 14.7. The highest BCUT2D eigenvalue weighted by Gasteiger charge is 2.29. The monoisotopic (exact) mass is 339 g/mol. The number of ether oxygens (including phenoxy) is 1. The van der Waals surface area contributed by atoms with Crippen molar-refractivity contribution in [3.8, 4) is 5.75 Å². The van der Waals surface area contributed by atoms with E-state index in [9.17, 15) is 4.79 Å². The number of amides is 1. The lowest BCUT2D eigenvalue weighted by molar-refractivity contribution is -0.123. The zero-order valence-corrected chi connectivity index (χ0v) is 14.7. The Bertz CT molecular complexity index is 698. The van der Waals surface area contributed by atoms with E-state index in [1.54, 1.807) is 0 Å². The fourth-order valence-electron chi connectivity index (χ4n) is 3.11. The number of hydrazine groups is 1. The maximum absolute atomic E-state index is 12.3. The molecule has 1 aliphatic heterocycles. The first-order chi connectivity index (χ1) is 12.1. The largest absolute Gasteiger partial charge is 0.492 e. The molecule has 1 fully saturated rings. The Morgan fingerprint density at radius 2 is 1.84 bits per heavy atom. The molecule has 0 spiro atoms. The van der Waals surface area contributed by atoms with E-state index in [4.69, 9.17) is 4.74 Å². The fourth-order valence-corrected chi connectivity index (χ4v) is 3.11. The summed E-state index contributed by atoms with van der Waals surface area (Å²) in [6.45, 7) is 5.03. The van der Waals surface area contributed by atoms with Gasteiger partial charge in [-0.1, -0.05) is 36.4 Å². The first-order valence-electron chi connectivity index (χ1n) is 8.66. The van der Waals surface area contributed by atoms with Crippen LogP contribution in [0.15, 0.2) is 48.5 Å². The van der Waals surface area contributed by atoms with Crippen LogP contribution in [0.25, 0.3) is 0 Å². The van der Waals surface area contributed by atoms with Crippen molar-refractivity contribution in [3.05, 3.63) is 65.2 Å². The van der Waals surface area contributed by atoms with Crippen LogP contribution in [0.3, 0.4) is 0 Å². The lowest BCUT2D eigenvalue weighted by Crippen LogP contribution is -2.44. The van der Waals surface area contributed by atoms with Crippen LogP contribution >= 0.6 is 0 Å². The van der Waals surface area contributed by atoms with Crippen LogP contribution in [-0.4, -0.2) is 25.1 Å². The van der Waals surface area contributed by atoms with Crippen LogP contribution in [0.5, 0.6) is 5.75 Å². The van der Waals surface area contributed by atoms with Gasteiger partial charge in [0.15, 0.2) is 0 Å². The van der Waals surface area contributed by atoms with Gasteiger partial charge in [0.25, 0.3) is 0 Å². The molecule has 2 unspecified atom stereocenters. The zero-order chi connectivity index (χ0) is 17.6. The summed E-state index contributed by atoms with van der Waals surface area (Å²) in [7, 11) is 0. The molecule has 2 aromatic carbocycles. The molecule has 0 aliphatic carbocycles. The maximum atomic E-state index is 12.3. The van der Waals surface area contributed by atoms with Crippen molar-refractivity contribution in [2.75, 3.05) is 13.2 Å². The number of carbonyl (C=O) groups is 1. The van der Waals surface area contributed by atoms with Gasteiger partial charge in [-0.2, -0.15) is 0 Å². The van der Waals surface area contributed by atoms with E-state index in [0.29, 0.717) is 13.2 Å². The Balaban J connectivity index is 1.41. The number of hydrogen-bond acceptors (Lipinski definition) is 4. The molecular formula is C20H25N3O2. The number of nitrogens with one attached hydrogen (secondary N) is 3. The predicted octanol–water partition coefficient (Wildman–Crippen LogP) is 2.41. The van der Waals surface area contributed by atoms with Crippen molar-refractivity contribution >= 4 is 5.91 Å². The molecule has 2 atom stereocenters. The number of benzene rings is 2. The second-order valence-electron chi connectivity index (χ2n) is 6.50. The Morgan fingerprint density at radius 1 is 1.12 bits per heavy atom. The van der Waals surface area contributed by atoms with Crippen molar-refractivity contribution < 1.29 is 9.53 Å². The van der Waals surface area contributed by atoms with Crippen LogP contribution in [0.2, 0.25) is 0 Å². The molecule has 0 aromatic heterocycles. The van der Waals surface area contributed by atoms with Gasteiger partial charge in [0, 0.05) is 6.04 Å². The summed E-state index contributed by atoms with van der Waals surface area (Å²) in [5.74, 6) is 0.839. The molecule has 5 nitrogen and oxygen atoms in total. The summed E-state index contributed by atoms with van der Waals surface area (Å²) < 4.78 is 5.72. The molecular weight excluding hydrogens is 314 g/mol. The maximum Gasteiger partial charge on any atom is 0.238 e. The molecule has 5 heteroatoms. The Hall–Kier alpha value is -2.37. The Kier molecular flexibility index (Phi) is 5.68. The second-order valence-corrected chi connectivity index (χ2v) is 6.50. The highest BCUT2D eigenvalue weighted by molar-refractivity contribution is 5.82. The summed E-state index contributed by atoms with van der Waals surface area (Å²) in [5.41, 5.74) is 9.80. The van der Waals surface area contributed by atoms with Crippen molar-refractivity contribution in [2.24, 2.45) is 0 Å². The van der Waals surface area contributed by atoms with E-state index in [-0.39, 0.29) is 18.0 Å². The average molecular weight is 339 g/mol. The third-order valence-corrected chi connectivity index (χ3v) is 4.29. The summed E-state index contributed by atoms with van der Waals surface area (Å²) >= 11 is 0. The molecule has 3 N–H and O–H groups in total. The molecule has 2 aromatic rings. The summed E-state index contributed by atoms with van der Waals surface area (Å²) in [6.07, 6.45) is 0.730. The molecule has 0 bridgehead atoms. The topological polar surface area (TPSA) is 62.4 Å². The van der Waals surface area contributed by atoms with E-state index in [1.165, 1.54) is 16.7 Å². The van der Waals surface area contributed by atoms with Crippen LogP contribution in [0.4, 0.5) is 0 Å². The van der Waals surface area contributed by atoms with Gasteiger partial charge in [-0.15, -0.1) is 0 Å². The minimum absolute atomic E-state index is 0.00467. The summed E-state index contributed by atoms with van der Waals surface area (Å²) in [5, 5.41) is 2.93. The molecule has 1 saturated heterocycles. The van der Waals surface area contributed by atoms with Gasteiger partial charge in [-0.25, -0.2) is 10.9 Å². The molecule has 1 amide bonds. The van der Waals surface area contributed by atoms with Gasteiger partial charge in [0.2, 0.25) is 5.91 Å². The molecule has 1 aliphatic rings. The average Bonchev–Trinajstić information content (AvgIpc) is 3.09. The normalized spacial score (nSPS) is 19.6. The molecule has 1 heterocycles. The quantitative estimate of drug-likeness (QED) is 0.707. The summed E-state index contributed by atoms with van der Waals surface area (Å²) in [4.78, 5) is 12.3. The number of aryl methyl sites for hydroxylation is 2. The first-order valence-corrected chi connectivity index (χ1v) is 8.66. The first kappa shape index (κ1) is 17.5. The van der Waals surface area contributed by atoms with Gasteiger partial charge in [0.1, 0.15) is 18.4 Å². The SMILES string of the molecule is Cc1cc(C)cc(OCCNC(=O)C2CC(c3ccccc3)NN2)c1. The van der Waals surface area contributed by atoms with Gasteiger partial charge in [0.05, 0.1) is 6.54 Å². The summed E-state index contributed by atoms with van der Waals surface area (Å²) in [6, 6.07) is 16.2. The second kappa shape index (κ2) is 8.14. The van der Waals surface area contributed by atoms with Crippen LogP contribution in [-0.2, 0) is 4.79 Å². The number of carbonyl (C=O) groups excluding carboxylic acids is 1. The standard InChI is InChI=1S/C20H25N3O2/c1-14-10-15(2)12-17(11-14)25-9-8-21-20(24)19-13-18(22-23-19)16-6-4-3-5-7-16/h3-7,10-12,18-19,22-23H,8-9,13H2,1-2H3,(H,21,24). The molecule has 0 radical (unpaired) electrons. The van der Waals surface area contributed by atoms with Crippen LogP contribution in [0, 0.1) is 13.8 Å². The van der Waals surface area contributed by atoms with Gasteiger partial charge < -0.3 is 10.1 Å². The third kappa shape index (κ3) is 4.81. The Labute approximate surface area is 148 Å². The fraction of sp³-hybridized carbons (Fsp3) is 0.350. The molecule has 132 valence electrons. The highest BCUT2D eigenvalue weighted by atomic mass is 16.5. The molecule has 3 rings (SSSR count). The van der Waals surface area contributed by atoms with Crippen LogP contribution in [0.1, 0.15) is 29.2 Å². The minimum Gasteiger partial charge on any atom is -0.492 e. The molecule has 25 heavy (non-hydrogen) atoms. The smallest absolute Gasteiger partial charge is 0.238 e. The van der Waals surface area contributed by atoms with Crippen molar-refractivity contribution in [2.45, 2.75) is 32.4 Å². The molecule has 0 saturated carbocycles. The number of hydrogen-bond donors (Lipinski definition) is 3. The lowest BCUT2D eigenvalue weighted by Gasteiger charge is -2.12.